The van der Waals surface area contributed by atoms with Gasteiger partial charge in [0.15, 0.2) is 0 Å². The van der Waals surface area contributed by atoms with Gasteiger partial charge in [-0.1, -0.05) is 37.6 Å². The molecule has 0 amide bonds. The third-order valence-corrected chi connectivity index (χ3v) is 3.41. The van der Waals surface area contributed by atoms with Crippen molar-refractivity contribution in [3.8, 4) is 0 Å². The minimum atomic E-state index is 1.02. The summed E-state index contributed by atoms with van der Waals surface area (Å²) in [6.45, 7) is 3.22. The summed E-state index contributed by atoms with van der Waals surface area (Å²) >= 11 is 0. The molecule has 1 N–H and O–H groups in total. The van der Waals surface area contributed by atoms with Crippen LogP contribution in [0.3, 0.4) is 0 Å². The Bertz CT molecular complexity index is 704. The van der Waals surface area contributed by atoms with Crippen LogP contribution in [0.1, 0.15) is 19.8 Å². The highest BCUT2D eigenvalue weighted by atomic mass is 14.9. The van der Waals surface area contributed by atoms with Crippen molar-refractivity contribution in [2.45, 2.75) is 19.8 Å². The molecule has 19 heavy (non-hydrogen) atoms. The number of benzene rings is 2. The Morgan fingerprint density at radius 1 is 1.00 bits per heavy atom. The number of para-hydroxylation sites is 1. The van der Waals surface area contributed by atoms with Gasteiger partial charge in [-0.2, -0.15) is 0 Å². The van der Waals surface area contributed by atoms with Crippen molar-refractivity contribution in [2.24, 2.45) is 0 Å². The summed E-state index contributed by atoms with van der Waals surface area (Å²) in [5, 5.41) is 5.91. The number of fused-ring (bicyclic) bond motifs is 2. The third kappa shape index (κ3) is 2.39. The van der Waals surface area contributed by atoms with E-state index in [0.717, 1.165) is 17.6 Å². The highest BCUT2D eigenvalue weighted by Gasteiger charge is 2.03. The van der Waals surface area contributed by atoms with Crippen molar-refractivity contribution >= 4 is 27.5 Å². The number of hydrogen-bond acceptors (Lipinski definition) is 2. The number of anilines is 1. The average Bonchev–Trinajstić information content (AvgIpc) is 2.46. The van der Waals surface area contributed by atoms with Crippen LogP contribution in [0.2, 0.25) is 0 Å². The normalized spacial score (nSPS) is 11.0. The SMILES string of the molecule is CCCCNc1cccc2nc3ccccc3cc12. The van der Waals surface area contributed by atoms with Crippen molar-refractivity contribution in [2.75, 3.05) is 11.9 Å². The Balaban J connectivity index is 2.09. The summed E-state index contributed by atoms with van der Waals surface area (Å²) in [5.41, 5.74) is 3.30. The van der Waals surface area contributed by atoms with Crippen LogP contribution in [0.5, 0.6) is 0 Å². The molecule has 0 unspecified atom stereocenters. The van der Waals surface area contributed by atoms with Crippen molar-refractivity contribution < 1.29 is 0 Å². The molecule has 2 heteroatoms. The maximum Gasteiger partial charge on any atom is 0.0730 e. The van der Waals surface area contributed by atoms with E-state index in [9.17, 15) is 0 Å². The molecular formula is C17H18N2. The summed E-state index contributed by atoms with van der Waals surface area (Å²) in [6.07, 6.45) is 2.40. The first-order chi connectivity index (χ1) is 9.38. The molecule has 0 aliphatic rings. The summed E-state index contributed by atoms with van der Waals surface area (Å²) in [5.74, 6) is 0. The van der Waals surface area contributed by atoms with E-state index in [1.165, 1.54) is 29.3 Å². The number of unbranched alkanes of at least 4 members (excludes halogenated alkanes) is 1. The Kier molecular flexibility index (Phi) is 3.32. The van der Waals surface area contributed by atoms with Crippen LogP contribution >= 0.6 is 0 Å². The van der Waals surface area contributed by atoms with Gasteiger partial charge in [0.25, 0.3) is 0 Å². The average molecular weight is 250 g/mol. The van der Waals surface area contributed by atoms with Crippen LogP contribution in [0.15, 0.2) is 48.5 Å². The molecule has 0 atom stereocenters. The number of hydrogen-bond donors (Lipinski definition) is 1. The van der Waals surface area contributed by atoms with E-state index in [1.54, 1.807) is 0 Å². The smallest absolute Gasteiger partial charge is 0.0730 e. The predicted octanol–water partition coefficient (Wildman–Crippen LogP) is 4.60. The molecule has 0 fully saturated rings. The van der Waals surface area contributed by atoms with E-state index >= 15 is 0 Å². The largest absolute Gasteiger partial charge is 0.384 e. The molecule has 0 radical (unpaired) electrons. The lowest BCUT2D eigenvalue weighted by atomic mass is 10.1. The minimum Gasteiger partial charge on any atom is -0.384 e. The molecule has 0 aliphatic carbocycles. The molecule has 0 saturated heterocycles. The van der Waals surface area contributed by atoms with Gasteiger partial charge in [0.2, 0.25) is 0 Å². The molecule has 2 aromatic carbocycles. The summed E-state index contributed by atoms with van der Waals surface area (Å²) in [4.78, 5) is 4.73. The monoisotopic (exact) mass is 250 g/mol. The van der Waals surface area contributed by atoms with E-state index < -0.39 is 0 Å². The van der Waals surface area contributed by atoms with E-state index in [4.69, 9.17) is 4.98 Å². The Morgan fingerprint density at radius 3 is 2.74 bits per heavy atom. The molecule has 0 spiro atoms. The fraction of sp³-hybridized carbons (Fsp3) is 0.235. The second-order valence-electron chi connectivity index (χ2n) is 4.83. The third-order valence-electron chi connectivity index (χ3n) is 3.41. The molecule has 2 nitrogen and oxygen atoms in total. The second kappa shape index (κ2) is 5.27. The lowest BCUT2D eigenvalue weighted by Gasteiger charge is -2.10. The zero-order chi connectivity index (χ0) is 13.1. The first-order valence-corrected chi connectivity index (χ1v) is 6.91. The van der Waals surface area contributed by atoms with E-state index in [1.807, 2.05) is 6.07 Å². The van der Waals surface area contributed by atoms with Gasteiger partial charge >= 0.3 is 0 Å². The molecule has 1 heterocycles. The summed E-state index contributed by atoms with van der Waals surface area (Å²) < 4.78 is 0. The second-order valence-corrected chi connectivity index (χ2v) is 4.83. The van der Waals surface area contributed by atoms with Gasteiger partial charge in [-0.15, -0.1) is 0 Å². The highest BCUT2D eigenvalue weighted by molar-refractivity contribution is 5.99. The topological polar surface area (TPSA) is 24.9 Å². The van der Waals surface area contributed by atoms with Crippen molar-refractivity contribution in [1.82, 2.24) is 4.98 Å². The van der Waals surface area contributed by atoms with Gasteiger partial charge in [-0.25, -0.2) is 4.98 Å². The lowest BCUT2D eigenvalue weighted by molar-refractivity contribution is 0.835. The van der Waals surface area contributed by atoms with E-state index in [0.29, 0.717) is 0 Å². The first-order valence-electron chi connectivity index (χ1n) is 6.91. The lowest BCUT2D eigenvalue weighted by Crippen LogP contribution is -2.01. The molecule has 1 aromatic heterocycles. The van der Waals surface area contributed by atoms with Gasteiger partial charge in [0, 0.05) is 23.0 Å². The number of pyridine rings is 1. The van der Waals surface area contributed by atoms with E-state index in [2.05, 4.69) is 54.7 Å². The zero-order valence-electron chi connectivity index (χ0n) is 11.2. The van der Waals surface area contributed by atoms with Crippen LogP contribution in [-0.4, -0.2) is 11.5 Å². The zero-order valence-corrected chi connectivity index (χ0v) is 11.2. The fourth-order valence-corrected chi connectivity index (χ4v) is 2.35. The minimum absolute atomic E-state index is 1.02. The number of nitrogens with zero attached hydrogens (tertiary/aromatic N) is 1. The molecular weight excluding hydrogens is 232 g/mol. The summed E-state index contributed by atoms with van der Waals surface area (Å²) in [7, 11) is 0. The van der Waals surface area contributed by atoms with Crippen LogP contribution < -0.4 is 5.32 Å². The number of aromatic nitrogens is 1. The standard InChI is InChI=1S/C17H18N2/c1-2-3-11-18-16-9-6-10-17-14(16)12-13-7-4-5-8-15(13)19-17/h4-10,12,18H,2-3,11H2,1H3. The molecule has 3 rings (SSSR count). The molecule has 0 aliphatic heterocycles. The van der Waals surface area contributed by atoms with Gasteiger partial charge in [-0.3, -0.25) is 0 Å². The number of nitrogens with one attached hydrogen (secondary N) is 1. The van der Waals surface area contributed by atoms with Gasteiger partial charge in [-0.05, 0) is 30.7 Å². The van der Waals surface area contributed by atoms with Crippen LogP contribution in [-0.2, 0) is 0 Å². The van der Waals surface area contributed by atoms with Gasteiger partial charge in [0.05, 0.1) is 11.0 Å². The van der Waals surface area contributed by atoms with Crippen LogP contribution in [0, 0.1) is 0 Å². The predicted molar refractivity (Wildman–Crippen MR) is 82.6 cm³/mol. The Morgan fingerprint density at radius 2 is 1.84 bits per heavy atom. The molecule has 0 saturated carbocycles. The van der Waals surface area contributed by atoms with E-state index in [-0.39, 0.29) is 0 Å². The molecule has 96 valence electrons. The molecule has 0 bridgehead atoms. The molecule has 3 aromatic rings. The van der Waals surface area contributed by atoms with Crippen molar-refractivity contribution in [3.05, 3.63) is 48.5 Å². The van der Waals surface area contributed by atoms with Crippen LogP contribution in [0.4, 0.5) is 5.69 Å². The maximum absolute atomic E-state index is 4.73. The quantitative estimate of drug-likeness (QED) is 0.540. The first kappa shape index (κ1) is 12.0. The Hall–Kier alpha value is -2.09. The van der Waals surface area contributed by atoms with Crippen molar-refractivity contribution in [3.63, 3.8) is 0 Å². The fourth-order valence-electron chi connectivity index (χ4n) is 2.35. The van der Waals surface area contributed by atoms with Gasteiger partial charge < -0.3 is 5.32 Å². The highest BCUT2D eigenvalue weighted by Crippen LogP contribution is 2.25. The van der Waals surface area contributed by atoms with Gasteiger partial charge in [0.1, 0.15) is 0 Å². The Labute approximate surface area is 113 Å². The maximum atomic E-state index is 4.73. The van der Waals surface area contributed by atoms with Crippen molar-refractivity contribution in [1.29, 1.82) is 0 Å². The summed E-state index contributed by atoms with van der Waals surface area (Å²) in [6, 6.07) is 16.8. The number of rotatable bonds is 4. The van der Waals surface area contributed by atoms with Crippen LogP contribution in [0.25, 0.3) is 21.8 Å².